The summed E-state index contributed by atoms with van der Waals surface area (Å²) < 4.78 is 0. The summed E-state index contributed by atoms with van der Waals surface area (Å²) in [5.74, 6) is -0.655. The van der Waals surface area contributed by atoms with Crippen LogP contribution in [0.15, 0.2) is 41.0 Å². The molecule has 118 valence electrons. The first-order chi connectivity index (χ1) is 11.0. The van der Waals surface area contributed by atoms with Gasteiger partial charge in [-0.1, -0.05) is 28.1 Å². The fourth-order valence-corrected chi connectivity index (χ4v) is 2.49. The third-order valence-electron chi connectivity index (χ3n) is 3.52. The van der Waals surface area contributed by atoms with Crippen LogP contribution in [0.5, 0.6) is 0 Å². The topological polar surface area (TPSA) is 82.3 Å². The first kappa shape index (κ1) is 17.1. The summed E-state index contributed by atoms with van der Waals surface area (Å²) >= 11 is 3.23. The van der Waals surface area contributed by atoms with Gasteiger partial charge in [-0.3, -0.25) is 14.6 Å². The van der Waals surface area contributed by atoms with Crippen molar-refractivity contribution in [2.45, 2.75) is 24.6 Å². The first-order valence-corrected chi connectivity index (χ1v) is 8.14. The maximum absolute atomic E-state index is 12.0. The SMILES string of the molecule is CC1=NC=C(C(=O)NCCCc2ccc(C#N)cc2)C(=O)C1Br. The van der Waals surface area contributed by atoms with Crippen LogP contribution in [-0.4, -0.2) is 28.8 Å². The van der Waals surface area contributed by atoms with Crippen LogP contribution in [0, 0.1) is 11.3 Å². The number of rotatable bonds is 5. The van der Waals surface area contributed by atoms with Crippen LogP contribution in [0.25, 0.3) is 0 Å². The molecule has 2 rings (SSSR count). The molecule has 1 heterocycles. The summed E-state index contributed by atoms with van der Waals surface area (Å²) in [4.78, 5) is 27.6. The largest absolute Gasteiger partial charge is 0.352 e. The van der Waals surface area contributed by atoms with Gasteiger partial charge < -0.3 is 5.32 Å². The van der Waals surface area contributed by atoms with E-state index in [1.807, 2.05) is 12.1 Å². The van der Waals surface area contributed by atoms with E-state index in [0.29, 0.717) is 17.8 Å². The third-order valence-corrected chi connectivity index (χ3v) is 4.59. The second kappa shape index (κ2) is 7.84. The molecule has 0 aromatic heterocycles. The van der Waals surface area contributed by atoms with E-state index in [4.69, 9.17) is 5.26 Å². The van der Waals surface area contributed by atoms with Crippen LogP contribution in [0.3, 0.4) is 0 Å². The molecule has 1 aromatic rings. The lowest BCUT2D eigenvalue weighted by Gasteiger charge is -2.15. The van der Waals surface area contributed by atoms with Crippen molar-refractivity contribution in [2.75, 3.05) is 6.54 Å². The Hall–Kier alpha value is -2.26. The van der Waals surface area contributed by atoms with E-state index >= 15 is 0 Å². The highest BCUT2D eigenvalue weighted by Crippen LogP contribution is 2.16. The van der Waals surface area contributed by atoms with Gasteiger partial charge in [-0.2, -0.15) is 5.26 Å². The number of hydrogen-bond acceptors (Lipinski definition) is 4. The molecule has 1 atom stereocenters. The van der Waals surface area contributed by atoms with Crippen molar-refractivity contribution in [2.24, 2.45) is 4.99 Å². The van der Waals surface area contributed by atoms with Crippen molar-refractivity contribution in [3.8, 4) is 6.07 Å². The van der Waals surface area contributed by atoms with Gasteiger partial charge in [0.15, 0.2) is 5.78 Å². The second-order valence-electron chi connectivity index (χ2n) is 5.21. The highest BCUT2D eigenvalue weighted by molar-refractivity contribution is 9.10. The van der Waals surface area contributed by atoms with Crippen molar-refractivity contribution < 1.29 is 9.59 Å². The maximum Gasteiger partial charge on any atom is 0.256 e. The Kier molecular flexibility index (Phi) is 5.83. The molecular formula is C17H16BrN3O2. The minimum atomic E-state index is -0.521. The molecular weight excluding hydrogens is 358 g/mol. The summed E-state index contributed by atoms with van der Waals surface area (Å²) in [7, 11) is 0. The Morgan fingerprint density at radius 3 is 2.74 bits per heavy atom. The zero-order valence-corrected chi connectivity index (χ0v) is 14.3. The van der Waals surface area contributed by atoms with Crippen molar-refractivity contribution in [3.63, 3.8) is 0 Å². The number of ketones is 1. The van der Waals surface area contributed by atoms with Gasteiger partial charge >= 0.3 is 0 Å². The van der Waals surface area contributed by atoms with Crippen LogP contribution >= 0.6 is 15.9 Å². The average molecular weight is 374 g/mol. The third kappa shape index (κ3) is 4.36. The molecule has 0 aliphatic carbocycles. The van der Waals surface area contributed by atoms with E-state index in [-0.39, 0.29) is 11.4 Å². The number of hydrogen-bond donors (Lipinski definition) is 1. The molecule has 5 nitrogen and oxygen atoms in total. The van der Waals surface area contributed by atoms with E-state index in [0.717, 1.165) is 18.4 Å². The fraction of sp³-hybridized carbons (Fsp3) is 0.294. The zero-order chi connectivity index (χ0) is 16.8. The predicted molar refractivity (Wildman–Crippen MR) is 91.4 cm³/mol. The predicted octanol–water partition coefficient (Wildman–Crippen LogP) is 2.30. The lowest BCUT2D eigenvalue weighted by molar-refractivity contribution is -0.122. The van der Waals surface area contributed by atoms with Gasteiger partial charge in [0.1, 0.15) is 10.4 Å². The van der Waals surface area contributed by atoms with Crippen molar-refractivity contribution in [1.82, 2.24) is 5.32 Å². The van der Waals surface area contributed by atoms with Crippen LogP contribution in [0.1, 0.15) is 24.5 Å². The summed E-state index contributed by atoms with van der Waals surface area (Å²) in [5, 5.41) is 11.5. The number of amides is 1. The maximum atomic E-state index is 12.0. The highest BCUT2D eigenvalue weighted by atomic mass is 79.9. The van der Waals surface area contributed by atoms with Crippen LogP contribution in [0.2, 0.25) is 0 Å². The van der Waals surface area contributed by atoms with Crippen molar-refractivity contribution in [3.05, 3.63) is 47.2 Å². The molecule has 1 unspecified atom stereocenters. The minimum absolute atomic E-state index is 0.0795. The molecule has 0 saturated heterocycles. The molecule has 1 aliphatic rings. The van der Waals surface area contributed by atoms with Crippen molar-refractivity contribution in [1.29, 1.82) is 5.26 Å². The molecule has 1 amide bonds. The van der Waals surface area contributed by atoms with E-state index in [2.05, 4.69) is 32.3 Å². The standard InChI is InChI=1S/C17H16BrN3O2/c1-11-15(18)16(22)14(10-21-11)17(23)20-8-2-3-12-4-6-13(9-19)7-5-12/h4-7,10,15H,2-3,8H2,1H3,(H,20,23). The number of carbonyl (C=O) groups is 2. The number of Topliss-reactive ketones (excluding diaryl/α,β-unsaturated/α-hetero) is 1. The Morgan fingerprint density at radius 1 is 1.39 bits per heavy atom. The van der Waals surface area contributed by atoms with Crippen LogP contribution in [0.4, 0.5) is 0 Å². The number of carbonyl (C=O) groups excluding carboxylic acids is 2. The molecule has 1 aromatic carbocycles. The molecule has 0 spiro atoms. The van der Waals surface area contributed by atoms with Gasteiger partial charge in [-0.15, -0.1) is 0 Å². The Labute approximate surface area is 143 Å². The number of alkyl halides is 1. The van der Waals surface area contributed by atoms with Crippen LogP contribution < -0.4 is 5.32 Å². The smallest absolute Gasteiger partial charge is 0.256 e. The zero-order valence-electron chi connectivity index (χ0n) is 12.7. The van der Waals surface area contributed by atoms with E-state index in [1.54, 1.807) is 19.1 Å². The molecule has 1 N–H and O–H groups in total. The van der Waals surface area contributed by atoms with E-state index in [1.165, 1.54) is 6.20 Å². The lowest BCUT2D eigenvalue weighted by atomic mass is 10.0. The Balaban J connectivity index is 1.81. The van der Waals surface area contributed by atoms with Gasteiger partial charge in [-0.05, 0) is 37.5 Å². The minimum Gasteiger partial charge on any atom is -0.352 e. The average Bonchev–Trinajstić information content (AvgIpc) is 2.57. The van der Waals surface area contributed by atoms with Crippen LogP contribution in [-0.2, 0) is 16.0 Å². The van der Waals surface area contributed by atoms with Crippen molar-refractivity contribution >= 4 is 33.3 Å². The lowest BCUT2D eigenvalue weighted by Crippen LogP contribution is -2.36. The van der Waals surface area contributed by atoms with Gasteiger partial charge in [0, 0.05) is 18.5 Å². The number of aliphatic imine (C=N–C) groups is 1. The quantitative estimate of drug-likeness (QED) is 0.488. The number of nitrogens with zero attached hydrogens (tertiary/aromatic N) is 2. The highest BCUT2D eigenvalue weighted by Gasteiger charge is 2.29. The molecule has 0 fully saturated rings. The normalized spacial score (nSPS) is 17.1. The molecule has 6 heteroatoms. The molecule has 0 saturated carbocycles. The summed E-state index contributed by atoms with van der Waals surface area (Å²) in [5.41, 5.74) is 2.46. The number of nitrogens with one attached hydrogen (secondary N) is 1. The monoisotopic (exact) mass is 373 g/mol. The number of nitriles is 1. The van der Waals surface area contributed by atoms with E-state index in [9.17, 15) is 9.59 Å². The molecule has 1 aliphatic heterocycles. The van der Waals surface area contributed by atoms with Gasteiger partial charge in [0.2, 0.25) is 0 Å². The summed E-state index contributed by atoms with van der Waals surface area (Å²) in [6.45, 7) is 2.21. The van der Waals surface area contributed by atoms with Gasteiger partial charge in [0.25, 0.3) is 5.91 Å². The molecule has 23 heavy (non-hydrogen) atoms. The molecule has 0 bridgehead atoms. The number of aryl methyl sites for hydroxylation is 1. The number of benzene rings is 1. The molecule has 0 radical (unpaired) electrons. The Bertz CT molecular complexity index is 714. The fourth-order valence-electron chi connectivity index (χ4n) is 2.13. The summed E-state index contributed by atoms with van der Waals surface area (Å²) in [6, 6.07) is 9.43. The van der Waals surface area contributed by atoms with Gasteiger partial charge in [-0.25, -0.2) is 0 Å². The van der Waals surface area contributed by atoms with Gasteiger partial charge in [0.05, 0.1) is 11.6 Å². The first-order valence-electron chi connectivity index (χ1n) is 7.23. The Morgan fingerprint density at radius 2 is 2.09 bits per heavy atom. The number of halogens is 1. The second-order valence-corrected chi connectivity index (χ2v) is 6.12. The summed E-state index contributed by atoms with van der Waals surface area (Å²) in [6.07, 6.45) is 2.86. The van der Waals surface area contributed by atoms with E-state index < -0.39 is 10.7 Å².